The standard InChI is InChI=1S/C69H133N2O7P/c1-7-10-13-16-19-22-25-27-29-31-33-35-37-39-41-43-46-49-52-55-58-61-68(72)70-66(65-77-79(74,75)76-64-63-71(4,5)6)67(60-57-54-51-48-45-24-21-18-15-12-9-3)78-69(73)62-59-56-53-50-47-44-42-40-38-36-34-32-30-28-26-23-20-17-14-11-8-2/h27-30,57,60,66-67H,7-26,31-56,58-59,61-65H2,1-6H3,(H-,70,72,74,75)/p+1/b29-27+,30-28+,60-57+. The molecule has 0 aromatic rings. The van der Waals surface area contributed by atoms with Gasteiger partial charge in [0.1, 0.15) is 19.3 Å². The quantitative estimate of drug-likeness (QED) is 0.0205. The minimum atomic E-state index is -4.45. The number of carbonyl (C=O) groups is 2. The van der Waals surface area contributed by atoms with Crippen LogP contribution in [0, 0.1) is 0 Å². The highest BCUT2D eigenvalue weighted by molar-refractivity contribution is 7.47. The van der Waals surface area contributed by atoms with E-state index in [1.165, 1.54) is 250 Å². The zero-order chi connectivity index (χ0) is 57.9. The Balaban J connectivity index is 5.07. The van der Waals surface area contributed by atoms with Crippen LogP contribution in [0.15, 0.2) is 36.5 Å². The van der Waals surface area contributed by atoms with E-state index in [1.807, 2.05) is 33.3 Å². The van der Waals surface area contributed by atoms with Gasteiger partial charge in [0.05, 0.1) is 33.8 Å². The molecule has 0 aliphatic rings. The van der Waals surface area contributed by atoms with Gasteiger partial charge < -0.3 is 19.4 Å². The lowest BCUT2D eigenvalue weighted by Crippen LogP contribution is -2.47. The Morgan fingerprint density at radius 3 is 1.08 bits per heavy atom. The van der Waals surface area contributed by atoms with Crippen LogP contribution in [0.25, 0.3) is 0 Å². The number of hydrogen-bond donors (Lipinski definition) is 2. The number of rotatable bonds is 63. The molecule has 0 spiro atoms. The number of allylic oxidation sites excluding steroid dienone is 5. The topological polar surface area (TPSA) is 111 Å². The lowest BCUT2D eigenvalue weighted by atomic mass is 10.0. The molecule has 3 atom stereocenters. The molecule has 466 valence electrons. The van der Waals surface area contributed by atoms with E-state index >= 15 is 0 Å². The van der Waals surface area contributed by atoms with Gasteiger partial charge in [-0.2, -0.15) is 0 Å². The van der Waals surface area contributed by atoms with Crippen LogP contribution in [0.5, 0.6) is 0 Å². The monoisotopic (exact) mass is 1130 g/mol. The molecule has 79 heavy (non-hydrogen) atoms. The average molecular weight is 1130 g/mol. The van der Waals surface area contributed by atoms with E-state index in [0.717, 1.165) is 57.8 Å². The van der Waals surface area contributed by atoms with Crippen LogP contribution in [-0.4, -0.2) is 74.3 Å². The molecule has 0 bridgehead atoms. The minimum absolute atomic E-state index is 0.0422. The van der Waals surface area contributed by atoms with Crippen LogP contribution in [-0.2, 0) is 27.9 Å². The van der Waals surface area contributed by atoms with Crippen molar-refractivity contribution in [2.45, 2.75) is 354 Å². The predicted molar refractivity (Wildman–Crippen MR) is 342 cm³/mol. The van der Waals surface area contributed by atoms with E-state index in [-0.39, 0.29) is 25.1 Å². The first kappa shape index (κ1) is 77.2. The van der Waals surface area contributed by atoms with E-state index < -0.39 is 20.0 Å². The molecule has 0 fully saturated rings. The molecule has 9 nitrogen and oxygen atoms in total. The van der Waals surface area contributed by atoms with Crippen LogP contribution >= 0.6 is 7.82 Å². The minimum Gasteiger partial charge on any atom is -0.456 e. The lowest BCUT2D eigenvalue weighted by molar-refractivity contribution is -0.870. The first-order valence-electron chi connectivity index (χ1n) is 34.3. The third-order valence-corrected chi connectivity index (χ3v) is 16.5. The van der Waals surface area contributed by atoms with Crippen LogP contribution in [0.1, 0.15) is 342 Å². The lowest BCUT2D eigenvalue weighted by Gasteiger charge is -2.27. The van der Waals surface area contributed by atoms with Gasteiger partial charge in [0.15, 0.2) is 0 Å². The number of unbranched alkanes of at least 4 members (excludes halogenated alkanes) is 43. The zero-order valence-corrected chi connectivity index (χ0v) is 54.3. The SMILES string of the molecule is CCCCCCCC/C=C/CCCCCCCCCCCCCC(=O)NC(COP(=O)(O)OCC[N+](C)(C)C)C(/C=C/CCCCCCCCCCC)OC(=O)CCCCCCCCCCCCC/C=C/CCCCCCCC. The summed E-state index contributed by atoms with van der Waals surface area (Å²) in [6, 6.07) is -0.846. The Bertz CT molecular complexity index is 1450. The summed E-state index contributed by atoms with van der Waals surface area (Å²) in [5.74, 6) is -0.491. The maximum absolute atomic E-state index is 13.6. The second kappa shape index (κ2) is 59.4. The van der Waals surface area contributed by atoms with Crippen molar-refractivity contribution in [2.24, 2.45) is 0 Å². The summed E-state index contributed by atoms with van der Waals surface area (Å²) < 4.78 is 30.8. The Morgan fingerprint density at radius 1 is 0.430 bits per heavy atom. The third kappa shape index (κ3) is 60.6. The molecule has 10 heteroatoms. The maximum Gasteiger partial charge on any atom is 0.472 e. The summed E-state index contributed by atoms with van der Waals surface area (Å²) in [7, 11) is 1.51. The van der Waals surface area contributed by atoms with Crippen molar-refractivity contribution in [3.8, 4) is 0 Å². The summed E-state index contributed by atoms with van der Waals surface area (Å²) in [5.41, 5.74) is 0. The summed E-state index contributed by atoms with van der Waals surface area (Å²) in [6.45, 7) is 7.05. The normalized spacial score (nSPS) is 13.8. The average Bonchev–Trinajstić information content (AvgIpc) is 3.41. The number of likely N-dealkylation sites (N-methyl/N-ethyl adjacent to an activating group) is 1. The van der Waals surface area contributed by atoms with Crippen molar-refractivity contribution in [1.82, 2.24) is 5.32 Å². The van der Waals surface area contributed by atoms with Crippen molar-refractivity contribution in [1.29, 1.82) is 0 Å². The smallest absolute Gasteiger partial charge is 0.456 e. The molecule has 0 rings (SSSR count). The molecule has 1 amide bonds. The molecule has 2 N–H and O–H groups in total. The summed E-state index contributed by atoms with van der Waals surface area (Å²) in [4.78, 5) is 37.8. The van der Waals surface area contributed by atoms with E-state index in [0.29, 0.717) is 23.9 Å². The molecule has 0 aromatic carbocycles. The molecular weight excluding hydrogens is 1000 g/mol. The molecule has 0 aliphatic carbocycles. The second-order valence-electron chi connectivity index (χ2n) is 24.7. The van der Waals surface area contributed by atoms with Crippen molar-refractivity contribution in [3.63, 3.8) is 0 Å². The molecule has 0 saturated heterocycles. The maximum atomic E-state index is 13.6. The van der Waals surface area contributed by atoms with Crippen molar-refractivity contribution in [2.75, 3.05) is 40.9 Å². The van der Waals surface area contributed by atoms with Crippen LogP contribution in [0.2, 0.25) is 0 Å². The van der Waals surface area contributed by atoms with E-state index in [4.69, 9.17) is 13.8 Å². The van der Waals surface area contributed by atoms with Crippen molar-refractivity contribution >= 4 is 19.7 Å². The van der Waals surface area contributed by atoms with Gasteiger partial charge in [-0.1, -0.05) is 282 Å². The van der Waals surface area contributed by atoms with E-state index in [9.17, 15) is 19.0 Å². The summed E-state index contributed by atoms with van der Waals surface area (Å²) in [6.07, 6.45) is 72.9. The highest BCUT2D eigenvalue weighted by Crippen LogP contribution is 2.43. The Kier molecular flexibility index (Phi) is 58.1. The number of carbonyl (C=O) groups excluding carboxylic acids is 2. The van der Waals surface area contributed by atoms with Gasteiger partial charge >= 0.3 is 13.8 Å². The van der Waals surface area contributed by atoms with Gasteiger partial charge in [0.25, 0.3) is 0 Å². The molecule has 3 unspecified atom stereocenters. The Morgan fingerprint density at radius 2 is 0.734 bits per heavy atom. The molecule has 0 aliphatic heterocycles. The fourth-order valence-corrected chi connectivity index (χ4v) is 11.0. The second-order valence-corrected chi connectivity index (χ2v) is 26.1. The van der Waals surface area contributed by atoms with Gasteiger partial charge in [0, 0.05) is 12.8 Å². The van der Waals surface area contributed by atoms with Gasteiger partial charge in [-0.25, -0.2) is 4.57 Å². The number of nitrogens with zero attached hydrogens (tertiary/aromatic N) is 1. The Hall–Kier alpha value is -1.77. The predicted octanol–water partition coefficient (Wildman–Crippen LogP) is 21.5. The highest BCUT2D eigenvalue weighted by Gasteiger charge is 2.30. The number of hydrogen-bond acceptors (Lipinski definition) is 6. The Labute approximate surface area is 491 Å². The van der Waals surface area contributed by atoms with Gasteiger partial charge in [0.2, 0.25) is 5.91 Å². The third-order valence-electron chi connectivity index (χ3n) is 15.6. The number of quaternary nitrogens is 1. The van der Waals surface area contributed by atoms with Gasteiger partial charge in [-0.05, 0) is 83.1 Å². The molecule has 0 heterocycles. The van der Waals surface area contributed by atoms with Crippen molar-refractivity contribution in [3.05, 3.63) is 36.5 Å². The zero-order valence-electron chi connectivity index (χ0n) is 53.4. The molecule has 0 aromatic heterocycles. The first-order valence-corrected chi connectivity index (χ1v) is 35.8. The van der Waals surface area contributed by atoms with E-state index in [2.05, 4.69) is 50.4 Å². The molecule has 0 radical (unpaired) electrons. The van der Waals surface area contributed by atoms with Gasteiger partial charge in [-0.15, -0.1) is 0 Å². The number of ether oxygens (including phenoxy) is 1. The first-order chi connectivity index (χ1) is 38.4. The van der Waals surface area contributed by atoms with Gasteiger partial charge in [-0.3, -0.25) is 18.6 Å². The number of nitrogens with one attached hydrogen (secondary N) is 1. The number of amides is 1. The number of esters is 1. The highest BCUT2D eigenvalue weighted by atomic mass is 31.2. The molecule has 0 saturated carbocycles. The summed E-state index contributed by atoms with van der Waals surface area (Å²) >= 11 is 0. The number of phosphoric acid groups is 1. The van der Waals surface area contributed by atoms with Crippen LogP contribution in [0.4, 0.5) is 0 Å². The fourth-order valence-electron chi connectivity index (χ4n) is 10.2. The largest absolute Gasteiger partial charge is 0.472 e. The number of phosphoric ester groups is 1. The summed E-state index contributed by atoms with van der Waals surface area (Å²) in [5, 5.41) is 3.07. The van der Waals surface area contributed by atoms with Crippen LogP contribution in [0.3, 0.4) is 0 Å². The van der Waals surface area contributed by atoms with E-state index in [1.54, 1.807) is 0 Å². The fraction of sp³-hybridized carbons (Fsp3) is 0.884. The van der Waals surface area contributed by atoms with Crippen molar-refractivity contribution < 1.29 is 37.3 Å². The molecular formula is C69H134N2O7P+. The van der Waals surface area contributed by atoms with Crippen LogP contribution < -0.4 is 5.32 Å².